The molecule has 2 nitrogen and oxygen atoms in total. The normalized spacial score (nSPS) is 17.3. The van der Waals surface area contributed by atoms with Crippen molar-refractivity contribution in [3.63, 3.8) is 0 Å². The summed E-state index contributed by atoms with van der Waals surface area (Å²) in [5.41, 5.74) is 3.37. The minimum atomic E-state index is -0.902. The van der Waals surface area contributed by atoms with E-state index < -0.39 is 10.8 Å². The van der Waals surface area contributed by atoms with Gasteiger partial charge in [-0.25, -0.2) is 0 Å². The minimum absolute atomic E-state index is 0.528. The van der Waals surface area contributed by atoms with Crippen LogP contribution in [0.2, 0.25) is 5.02 Å². The Labute approximate surface area is 113 Å². The molecule has 0 spiro atoms. The van der Waals surface area contributed by atoms with Crippen molar-refractivity contribution < 1.29 is 4.21 Å². The molecule has 1 heterocycles. The minimum Gasteiger partial charge on any atom is -0.372 e. The van der Waals surface area contributed by atoms with E-state index >= 15 is 0 Å². The molecule has 2 aromatic carbocycles. The Morgan fingerprint density at radius 2 is 1.83 bits per heavy atom. The third kappa shape index (κ3) is 2.28. The highest BCUT2D eigenvalue weighted by Gasteiger charge is 2.17. The van der Waals surface area contributed by atoms with Crippen molar-refractivity contribution in [2.75, 3.05) is 11.2 Å². The molecule has 0 aliphatic carbocycles. The predicted octanol–water partition coefficient (Wildman–Crippen LogP) is 3.42. The van der Waals surface area contributed by atoms with Crippen LogP contribution in [-0.2, 0) is 17.2 Å². The van der Waals surface area contributed by atoms with Crippen LogP contribution in [-0.4, -0.2) is 10.1 Å². The molecule has 1 unspecified atom stereocenters. The van der Waals surface area contributed by atoms with Crippen molar-refractivity contribution in [3.05, 3.63) is 58.6 Å². The van der Waals surface area contributed by atoms with E-state index in [1.165, 1.54) is 11.1 Å². The summed E-state index contributed by atoms with van der Waals surface area (Å²) >= 11 is 5.86. The lowest BCUT2D eigenvalue weighted by atomic mass is 10.0. The Bertz CT molecular complexity index is 610. The average molecular weight is 278 g/mol. The Balaban J connectivity index is 1.87. The number of rotatable bonds is 2. The molecule has 18 heavy (non-hydrogen) atoms. The van der Waals surface area contributed by atoms with Gasteiger partial charge in [0.2, 0.25) is 0 Å². The summed E-state index contributed by atoms with van der Waals surface area (Å²) < 4.78 is 11.7. The molecular formula is C14H12ClNOS. The van der Waals surface area contributed by atoms with Crippen molar-refractivity contribution in [1.29, 1.82) is 0 Å². The summed E-state index contributed by atoms with van der Waals surface area (Å²) in [6.45, 7) is 0. The standard InChI is InChI=1S/C14H12ClNOS/c15-12-4-1-10(2-5-12)7-11-3-6-13-14(8-11)18(17)9-16-13/h1-6,8,16H,7,9H2. The fourth-order valence-corrected chi connectivity index (χ4v) is 3.31. The summed E-state index contributed by atoms with van der Waals surface area (Å²) in [6.07, 6.45) is 0.835. The van der Waals surface area contributed by atoms with Crippen LogP contribution < -0.4 is 5.32 Å². The van der Waals surface area contributed by atoms with E-state index in [-0.39, 0.29) is 0 Å². The third-order valence-electron chi connectivity index (χ3n) is 3.01. The van der Waals surface area contributed by atoms with E-state index in [4.69, 9.17) is 11.6 Å². The zero-order chi connectivity index (χ0) is 12.5. The molecule has 4 heteroatoms. The van der Waals surface area contributed by atoms with Gasteiger partial charge in [-0.1, -0.05) is 29.8 Å². The van der Waals surface area contributed by atoms with Gasteiger partial charge in [0.05, 0.1) is 27.3 Å². The second-order valence-electron chi connectivity index (χ2n) is 4.30. The predicted molar refractivity (Wildman–Crippen MR) is 75.6 cm³/mol. The highest BCUT2D eigenvalue weighted by molar-refractivity contribution is 7.85. The van der Waals surface area contributed by atoms with E-state index in [0.717, 1.165) is 22.0 Å². The molecule has 0 saturated heterocycles. The van der Waals surface area contributed by atoms with E-state index in [9.17, 15) is 4.21 Å². The number of anilines is 1. The fraction of sp³-hybridized carbons (Fsp3) is 0.143. The number of hydrogen-bond acceptors (Lipinski definition) is 2. The number of hydrogen-bond donors (Lipinski definition) is 1. The first-order valence-corrected chi connectivity index (χ1v) is 7.42. The maximum atomic E-state index is 11.7. The van der Waals surface area contributed by atoms with Crippen LogP contribution in [0.4, 0.5) is 5.69 Å². The molecule has 0 bridgehead atoms. The number of nitrogens with one attached hydrogen (secondary N) is 1. The lowest BCUT2D eigenvalue weighted by Gasteiger charge is -2.04. The number of halogens is 1. The topological polar surface area (TPSA) is 29.1 Å². The largest absolute Gasteiger partial charge is 0.372 e. The average Bonchev–Trinajstić information content (AvgIpc) is 2.74. The highest BCUT2D eigenvalue weighted by atomic mass is 35.5. The van der Waals surface area contributed by atoms with Crippen molar-refractivity contribution in [3.8, 4) is 0 Å². The van der Waals surface area contributed by atoms with Crippen LogP contribution >= 0.6 is 11.6 Å². The van der Waals surface area contributed by atoms with Crippen LogP contribution in [0.5, 0.6) is 0 Å². The molecule has 92 valence electrons. The first-order chi connectivity index (χ1) is 8.72. The lowest BCUT2D eigenvalue weighted by molar-refractivity contribution is 0.686. The molecule has 1 N–H and O–H groups in total. The summed E-state index contributed by atoms with van der Waals surface area (Å²) in [6, 6.07) is 13.9. The third-order valence-corrected chi connectivity index (χ3v) is 4.49. The van der Waals surface area contributed by atoms with Crippen molar-refractivity contribution >= 4 is 28.1 Å². The SMILES string of the molecule is O=S1CNc2ccc(Cc3ccc(Cl)cc3)cc21. The Kier molecular flexibility index (Phi) is 3.10. The molecule has 0 aromatic heterocycles. The van der Waals surface area contributed by atoms with Gasteiger partial charge in [0.25, 0.3) is 0 Å². The quantitative estimate of drug-likeness (QED) is 0.911. The maximum absolute atomic E-state index is 11.7. The lowest BCUT2D eigenvalue weighted by Crippen LogP contribution is -1.94. The molecule has 1 atom stereocenters. The molecule has 0 radical (unpaired) electrons. The summed E-state index contributed by atoms with van der Waals surface area (Å²) in [7, 11) is -0.902. The van der Waals surface area contributed by atoms with Crippen LogP contribution in [0.3, 0.4) is 0 Å². The van der Waals surface area contributed by atoms with Crippen LogP contribution in [0.1, 0.15) is 11.1 Å². The molecule has 0 saturated carbocycles. The maximum Gasteiger partial charge on any atom is 0.0959 e. The van der Waals surface area contributed by atoms with Gasteiger partial charge in [0.1, 0.15) is 0 Å². The first-order valence-electron chi connectivity index (χ1n) is 5.72. The van der Waals surface area contributed by atoms with Crippen molar-refractivity contribution in [1.82, 2.24) is 0 Å². The smallest absolute Gasteiger partial charge is 0.0959 e. The van der Waals surface area contributed by atoms with Gasteiger partial charge < -0.3 is 5.32 Å². The number of fused-ring (bicyclic) bond motifs is 1. The second kappa shape index (κ2) is 4.75. The summed E-state index contributed by atoms with van der Waals surface area (Å²) in [5, 5.41) is 3.88. The zero-order valence-electron chi connectivity index (χ0n) is 9.65. The second-order valence-corrected chi connectivity index (χ2v) is 6.16. The Morgan fingerprint density at radius 3 is 2.61 bits per heavy atom. The van der Waals surface area contributed by atoms with Crippen LogP contribution in [0.25, 0.3) is 0 Å². The van der Waals surface area contributed by atoms with E-state index in [0.29, 0.717) is 5.88 Å². The fourth-order valence-electron chi connectivity index (χ4n) is 2.07. The highest BCUT2D eigenvalue weighted by Crippen LogP contribution is 2.27. The van der Waals surface area contributed by atoms with E-state index in [1.54, 1.807) is 0 Å². The molecule has 3 rings (SSSR count). The van der Waals surface area contributed by atoms with Gasteiger partial charge in [-0.15, -0.1) is 0 Å². The first kappa shape index (κ1) is 11.8. The van der Waals surface area contributed by atoms with Gasteiger partial charge in [-0.05, 0) is 41.8 Å². The van der Waals surface area contributed by atoms with Gasteiger partial charge in [-0.3, -0.25) is 4.21 Å². The van der Waals surface area contributed by atoms with Gasteiger partial charge >= 0.3 is 0 Å². The van der Waals surface area contributed by atoms with E-state index in [1.807, 2.05) is 36.4 Å². The zero-order valence-corrected chi connectivity index (χ0v) is 11.2. The molecule has 0 fully saturated rings. The molecule has 1 aliphatic heterocycles. The Morgan fingerprint density at radius 1 is 1.11 bits per heavy atom. The Hall–Kier alpha value is -1.32. The molecule has 0 amide bonds. The number of benzene rings is 2. The summed E-state index contributed by atoms with van der Waals surface area (Å²) in [4.78, 5) is 0.918. The van der Waals surface area contributed by atoms with Gasteiger partial charge in [0.15, 0.2) is 0 Å². The van der Waals surface area contributed by atoms with Gasteiger partial charge in [0, 0.05) is 5.02 Å². The monoisotopic (exact) mass is 277 g/mol. The van der Waals surface area contributed by atoms with Crippen LogP contribution in [0, 0.1) is 0 Å². The summed E-state index contributed by atoms with van der Waals surface area (Å²) in [5.74, 6) is 0.528. The van der Waals surface area contributed by atoms with Gasteiger partial charge in [-0.2, -0.15) is 0 Å². The molecular weight excluding hydrogens is 266 g/mol. The van der Waals surface area contributed by atoms with Crippen LogP contribution in [0.15, 0.2) is 47.4 Å². The molecule has 1 aliphatic rings. The van der Waals surface area contributed by atoms with Crippen molar-refractivity contribution in [2.45, 2.75) is 11.3 Å². The van der Waals surface area contributed by atoms with Crippen molar-refractivity contribution in [2.24, 2.45) is 0 Å². The molecule has 2 aromatic rings. The van der Waals surface area contributed by atoms with E-state index in [2.05, 4.69) is 11.4 Å².